The highest BCUT2D eigenvalue weighted by Crippen LogP contribution is 2.32. The van der Waals surface area contributed by atoms with Gasteiger partial charge in [0.1, 0.15) is 5.15 Å². The predicted octanol–water partition coefficient (Wildman–Crippen LogP) is 3.14. The van der Waals surface area contributed by atoms with Crippen molar-refractivity contribution >= 4 is 46.0 Å². The molecule has 1 amide bonds. The molecule has 37 heavy (non-hydrogen) atoms. The van der Waals surface area contributed by atoms with Gasteiger partial charge in [0.15, 0.2) is 5.69 Å². The zero-order chi connectivity index (χ0) is 26.6. The number of anilines is 2. The van der Waals surface area contributed by atoms with Gasteiger partial charge >= 0.3 is 5.97 Å². The Hall–Kier alpha value is -3.92. The number of halogens is 1. The van der Waals surface area contributed by atoms with Crippen molar-refractivity contribution in [2.75, 3.05) is 36.4 Å². The van der Waals surface area contributed by atoms with E-state index < -0.39 is 5.97 Å². The number of nitrogens with one attached hydrogen (secondary N) is 1. The number of hydrogen-bond donors (Lipinski definition) is 2. The van der Waals surface area contributed by atoms with Gasteiger partial charge in [-0.3, -0.25) is 14.2 Å². The fourth-order valence-corrected chi connectivity index (χ4v) is 5.27. The second-order valence-corrected chi connectivity index (χ2v) is 10.1. The van der Waals surface area contributed by atoms with Gasteiger partial charge in [-0.25, -0.2) is 14.8 Å². The molecule has 0 saturated heterocycles. The Kier molecular flexibility index (Phi) is 6.15. The molecule has 2 N–H and O–H groups in total. The molecule has 0 radical (unpaired) electrons. The van der Waals surface area contributed by atoms with Gasteiger partial charge in [-0.05, 0) is 48.8 Å². The highest BCUT2D eigenvalue weighted by Gasteiger charge is 2.33. The molecule has 11 heteroatoms. The fraction of sp³-hybridized carbons (Fsp3) is 0.346. The van der Waals surface area contributed by atoms with Gasteiger partial charge in [-0.15, -0.1) is 0 Å². The molecule has 4 heterocycles. The molecule has 2 aliphatic heterocycles. The van der Waals surface area contributed by atoms with Crippen LogP contribution in [-0.4, -0.2) is 62.6 Å². The lowest BCUT2D eigenvalue weighted by atomic mass is 10.0. The molecule has 0 unspecified atom stereocenters. The normalized spacial score (nSPS) is 15.9. The maximum atomic E-state index is 13.5. The van der Waals surface area contributed by atoms with Crippen molar-refractivity contribution in [3.63, 3.8) is 0 Å². The standard InChI is InChI=1S/C26H27ClN6O4/c1-13-7-18(14(2)28-20-5-6-21(27)29-23(20)25(36)37)22-19(8-13)24(35)31(4)26(30-22)33-11-16-9-32(15(3)34)10-17(16)12-33/h5-8,14,28H,9-12H2,1-4H3,(H,36,37)/t14-/m1/s1. The van der Waals surface area contributed by atoms with Crippen LogP contribution in [0.1, 0.15) is 41.5 Å². The summed E-state index contributed by atoms with van der Waals surface area (Å²) >= 11 is 5.91. The van der Waals surface area contributed by atoms with Crippen LogP contribution in [0.5, 0.6) is 0 Å². The zero-order valence-corrected chi connectivity index (χ0v) is 21.8. The minimum Gasteiger partial charge on any atom is -0.476 e. The third-order valence-corrected chi connectivity index (χ3v) is 7.20. The first-order valence-electron chi connectivity index (χ1n) is 11.9. The molecule has 2 aromatic heterocycles. The minimum atomic E-state index is -1.20. The van der Waals surface area contributed by atoms with Crippen LogP contribution in [0.2, 0.25) is 5.15 Å². The van der Waals surface area contributed by atoms with Crippen molar-refractivity contribution in [2.45, 2.75) is 26.8 Å². The van der Waals surface area contributed by atoms with E-state index in [9.17, 15) is 19.5 Å². The zero-order valence-electron chi connectivity index (χ0n) is 21.0. The first-order valence-corrected chi connectivity index (χ1v) is 12.3. The molecule has 192 valence electrons. The van der Waals surface area contributed by atoms with Crippen molar-refractivity contribution in [2.24, 2.45) is 7.05 Å². The van der Waals surface area contributed by atoms with Crippen molar-refractivity contribution in [1.82, 2.24) is 19.4 Å². The molecule has 10 nitrogen and oxygen atoms in total. The maximum Gasteiger partial charge on any atom is 0.356 e. The van der Waals surface area contributed by atoms with Gasteiger partial charge < -0.3 is 20.2 Å². The number of carboxylic acids is 1. The molecular weight excluding hydrogens is 496 g/mol. The van der Waals surface area contributed by atoms with Crippen LogP contribution < -0.4 is 15.8 Å². The number of amides is 1. The first kappa shape index (κ1) is 24.8. The molecule has 0 spiro atoms. The number of pyridine rings is 1. The lowest BCUT2D eigenvalue weighted by Crippen LogP contribution is -2.35. The van der Waals surface area contributed by atoms with E-state index in [1.807, 2.05) is 30.9 Å². The third-order valence-electron chi connectivity index (χ3n) is 6.99. The fourth-order valence-electron chi connectivity index (χ4n) is 5.12. The Bertz CT molecular complexity index is 1540. The lowest BCUT2D eigenvalue weighted by molar-refractivity contribution is -0.127. The van der Waals surface area contributed by atoms with E-state index in [1.54, 1.807) is 24.6 Å². The van der Waals surface area contributed by atoms with E-state index in [0.29, 0.717) is 48.7 Å². The quantitative estimate of drug-likeness (QED) is 0.387. The number of hydrogen-bond acceptors (Lipinski definition) is 7. The number of aromatic nitrogens is 3. The summed E-state index contributed by atoms with van der Waals surface area (Å²) in [5.74, 6) is -0.586. The van der Waals surface area contributed by atoms with Gasteiger partial charge in [0, 0.05) is 45.7 Å². The molecule has 0 aliphatic carbocycles. The summed E-state index contributed by atoms with van der Waals surface area (Å²) in [6.07, 6.45) is 0. The average Bonchev–Trinajstić information content (AvgIpc) is 3.42. The predicted molar refractivity (Wildman–Crippen MR) is 141 cm³/mol. The van der Waals surface area contributed by atoms with Crippen molar-refractivity contribution < 1.29 is 14.7 Å². The molecule has 0 fully saturated rings. The number of carboxylic acid groups (broad SMARTS) is 1. The Morgan fingerprint density at radius 2 is 1.78 bits per heavy atom. The second-order valence-electron chi connectivity index (χ2n) is 9.67. The number of carbonyl (C=O) groups excluding carboxylic acids is 1. The number of aryl methyl sites for hydroxylation is 1. The Balaban J connectivity index is 1.53. The second kappa shape index (κ2) is 9.19. The lowest BCUT2D eigenvalue weighted by Gasteiger charge is -2.25. The number of aromatic carboxylic acids is 1. The first-order chi connectivity index (χ1) is 17.5. The topological polar surface area (TPSA) is 121 Å². The van der Waals surface area contributed by atoms with E-state index in [2.05, 4.69) is 15.2 Å². The molecule has 1 atom stereocenters. The average molecular weight is 523 g/mol. The van der Waals surface area contributed by atoms with E-state index in [-0.39, 0.29) is 28.4 Å². The molecule has 3 aromatic rings. The van der Waals surface area contributed by atoms with Crippen molar-refractivity contribution in [1.29, 1.82) is 0 Å². The third kappa shape index (κ3) is 4.42. The number of rotatable bonds is 5. The van der Waals surface area contributed by atoms with Crippen LogP contribution in [0.4, 0.5) is 11.6 Å². The Labute approximate surface area is 218 Å². The van der Waals surface area contributed by atoms with Crippen molar-refractivity contribution in [3.8, 4) is 0 Å². The van der Waals surface area contributed by atoms with E-state index >= 15 is 0 Å². The van der Waals surface area contributed by atoms with Gasteiger partial charge in [-0.1, -0.05) is 17.7 Å². The summed E-state index contributed by atoms with van der Waals surface area (Å²) in [6.45, 7) is 7.80. The van der Waals surface area contributed by atoms with Crippen LogP contribution >= 0.6 is 11.6 Å². The van der Waals surface area contributed by atoms with Gasteiger partial charge in [0.2, 0.25) is 11.9 Å². The highest BCUT2D eigenvalue weighted by molar-refractivity contribution is 6.29. The van der Waals surface area contributed by atoms with E-state index in [1.165, 1.54) is 17.2 Å². The van der Waals surface area contributed by atoms with Crippen LogP contribution in [0.25, 0.3) is 10.9 Å². The Morgan fingerprint density at radius 3 is 2.41 bits per heavy atom. The summed E-state index contributed by atoms with van der Waals surface area (Å²) < 4.78 is 1.57. The van der Waals surface area contributed by atoms with E-state index in [0.717, 1.165) is 11.1 Å². The number of fused-ring (bicyclic) bond motifs is 1. The van der Waals surface area contributed by atoms with Gasteiger partial charge in [-0.2, -0.15) is 0 Å². The number of carbonyl (C=O) groups is 2. The molecule has 2 aliphatic rings. The van der Waals surface area contributed by atoms with Crippen LogP contribution in [-0.2, 0) is 11.8 Å². The van der Waals surface area contributed by atoms with E-state index in [4.69, 9.17) is 16.6 Å². The van der Waals surface area contributed by atoms with Gasteiger partial charge in [0.25, 0.3) is 5.56 Å². The summed E-state index contributed by atoms with van der Waals surface area (Å²) in [5.41, 5.74) is 4.58. The minimum absolute atomic E-state index is 0.0561. The smallest absolute Gasteiger partial charge is 0.356 e. The van der Waals surface area contributed by atoms with Crippen LogP contribution in [0, 0.1) is 6.92 Å². The monoisotopic (exact) mass is 522 g/mol. The summed E-state index contributed by atoms with van der Waals surface area (Å²) in [7, 11) is 1.72. The molecule has 5 rings (SSSR count). The van der Waals surface area contributed by atoms with Crippen LogP contribution in [0.3, 0.4) is 0 Å². The SMILES string of the molecule is CC(=O)N1CC2=C(C1)CN(c1nc3c([C@@H](C)Nc4ccc(Cl)nc4C(=O)O)cc(C)cc3c(=O)n1C)C2. The van der Waals surface area contributed by atoms with Crippen molar-refractivity contribution in [3.05, 3.63) is 67.7 Å². The number of nitrogens with zero attached hydrogens (tertiary/aromatic N) is 5. The largest absolute Gasteiger partial charge is 0.476 e. The van der Waals surface area contributed by atoms with Gasteiger partial charge in [0.05, 0.1) is 22.6 Å². The number of benzene rings is 1. The highest BCUT2D eigenvalue weighted by atomic mass is 35.5. The summed E-state index contributed by atoms with van der Waals surface area (Å²) in [5, 5.41) is 13.4. The molecule has 0 bridgehead atoms. The summed E-state index contributed by atoms with van der Waals surface area (Å²) in [4.78, 5) is 49.8. The maximum absolute atomic E-state index is 13.5. The molecule has 1 aromatic carbocycles. The summed E-state index contributed by atoms with van der Waals surface area (Å²) in [6, 6.07) is 6.49. The van der Waals surface area contributed by atoms with Crippen LogP contribution in [0.15, 0.2) is 40.2 Å². The molecular formula is C26H27ClN6O4. The molecule has 0 saturated carbocycles. The Morgan fingerprint density at radius 1 is 1.11 bits per heavy atom.